The Hall–Kier alpha value is -3.25. The van der Waals surface area contributed by atoms with E-state index in [0.717, 1.165) is 22.9 Å². The molecule has 148 valence electrons. The van der Waals surface area contributed by atoms with Crippen molar-refractivity contribution in [2.24, 2.45) is 0 Å². The van der Waals surface area contributed by atoms with E-state index >= 15 is 0 Å². The summed E-state index contributed by atoms with van der Waals surface area (Å²) in [5.41, 5.74) is 2.16. The molecule has 3 rings (SSSR count). The summed E-state index contributed by atoms with van der Waals surface area (Å²) in [6.45, 7) is 7.80. The minimum absolute atomic E-state index is 0.323. The van der Waals surface area contributed by atoms with E-state index in [2.05, 4.69) is 13.2 Å². The molecule has 0 aliphatic carbocycles. The lowest BCUT2D eigenvalue weighted by Crippen LogP contribution is -2.27. The molecule has 0 atom stereocenters. The molecule has 29 heavy (non-hydrogen) atoms. The monoisotopic (exact) mass is 407 g/mol. The number of ether oxygens (including phenoxy) is 2. The highest BCUT2D eigenvalue weighted by atomic mass is 32.2. The number of amides is 2. The van der Waals surface area contributed by atoms with Crippen molar-refractivity contribution in [3.05, 3.63) is 83.8 Å². The number of carbonyl (C=O) groups excluding carboxylic acids is 2. The van der Waals surface area contributed by atoms with Gasteiger partial charge >= 0.3 is 0 Å². The maximum Gasteiger partial charge on any atom is 0.298 e. The summed E-state index contributed by atoms with van der Waals surface area (Å²) >= 11 is 0.915. The minimum atomic E-state index is -0.345. The molecule has 6 heteroatoms. The van der Waals surface area contributed by atoms with Gasteiger partial charge in [-0.25, -0.2) is 4.90 Å². The summed E-state index contributed by atoms with van der Waals surface area (Å²) in [5.74, 6) is 0.809. The molecule has 2 amide bonds. The van der Waals surface area contributed by atoms with Crippen LogP contribution in [0.2, 0.25) is 0 Å². The first kappa shape index (κ1) is 20.5. The number of thioether (sulfide) groups is 1. The van der Waals surface area contributed by atoms with Gasteiger partial charge in [0.1, 0.15) is 6.61 Å². The molecule has 2 aromatic carbocycles. The van der Waals surface area contributed by atoms with E-state index in [4.69, 9.17) is 9.47 Å². The SMILES string of the molecule is C=CCOc1c(CC=C)cc(/C=C2\SC(=O)N(c3ccccc3)C2=O)cc1OC. The highest BCUT2D eigenvalue weighted by Crippen LogP contribution is 2.38. The lowest BCUT2D eigenvalue weighted by atomic mass is 10.0. The Kier molecular flexibility index (Phi) is 6.57. The van der Waals surface area contributed by atoms with E-state index in [9.17, 15) is 9.59 Å². The van der Waals surface area contributed by atoms with Crippen LogP contribution in [-0.2, 0) is 11.2 Å². The highest BCUT2D eigenvalue weighted by Gasteiger charge is 2.36. The first-order chi connectivity index (χ1) is 14.1. The van der Waals surface area contributed by atoms with Gasteiger partial charge in [0.2, 0.25) is 0 Å². The van der Waals surface area contributed by atoms with Crippen molar-refractivity contribution < 1.29 is 19.1 Å². The van der Waals surface area contributed by atoms with Gasteiger partial charge in [-0.05, 0) is 54.1 Å². The Morgan fingerprint density at radius 2 is 1.86 bits per heavy atom. The van der Waals surface area contributed by atoms with Crippen LogP contribution in [0, 0.1) is 0 Å². The fourth-order valence-electron chi connectivity index (χ4n) is 2.95. The Labute approximate surface area is 174 Å². The standard InChI is InChI=1S/C23H21NO4S/c1-4-9-17-13-16(14-19(27-3)21(17)28-12-5-2)15-20-22(25)24(23(26)29-20)18-10-7-6-8-11-18/h4-8,10-11,13-15H,1-2,9,12H2,3H3/b20-15-. The van der Waals surface area contributed by atoms with E-state index in [1.165, 1.54) is 4.90 Å². The maximum absolute atomic E-state index is 12.8. The summed E-state index contributed by atoms with van der Waals surface area (Å²) in [6.07, 6.45) is 5.68. The van der Waals surface area contributed by atoms with E-state index < -0.39 is 0 Å². The number of imide groups is 1. The van der Waals surface area contributed by atoms with E-state index in [1.54, 1.807) is 55.7 Å². The number of hydrogen-bond acceptors (Lipinski definition) is 5. The van der Waals surface area contributed by atoms with Gasteiger partial charge in [-0.3, -0.25) is 9.59 Å². The van der Waals surface area contributed by atoms with Gasteiger partial charge in [0.05, 0.1) is 17.7 Å². The normalized spacial score (nSPS) is 14.9. The number of methoxy groups -OCH3 is 1. The van der Waals surface area contributed by atoms with Crippen molar-refractivity contribution in [2.75, 3.05) is 18.6 Å². The Morgan fingerprint density at radius 3 is 2.52 bits per heavy atom. The number of nitrogens with zero attached hydrogens (tertiary/aromatic N) is 1. The van der Waals surface area contributed by atoms with Crippen molar-refractivity contribution in [1.82, 2.24) is 0 Å². The lowest BCUT2D eigenvalue weighted by molar-refractivity contribution is -0.113. The van der Waals surface area contributed by atoms with Crippen LogP contribution in [0.4, 0.5) is 10.5 Å². The number of rotatable bonds is 8. The van der Waals surface area contributed by atoms with Crippen molar-refractivity contribution >= 4 is 34.7 Å². The van der Waals surface area contributed by atoms with Crippen molar-refractivity contribution in [3.8, 4) is 11.5 Å². The Balaban J connectivity index is 1.98. The minimum Gasteiger partial charge on any atom is -0.493 e. The molecule has 0 spiro atoms. The van der Waals surface area contributed by atoms with E-state index in [0.29, 0.717) is 35.1 Å². The number of carbonyl (C=O) groups is 2. The molecule has 1 aliphatic rings. The van der Waals surface area contributed by atoms with Crippen LogP contribution in [0.1, 0.15) is 11.1 Å². The van der Waals surface area contributed by atoms with Gasteiger partial charge in [-0.2, -0.15) is 0 Å². The van der Waals surface area contributed by atoms with Crippen molar-refractivity contribution in [1.29, 1.82) is 0 Å². The van der Waals surface area contributed by atoms with Gasteiger partial charge in [0.15, 0.2) is 11.5 Å². The molecule has 0 bridgehead atoms. The van der Waals surface area contributed by atoms with Crippen LogP contribution in [0.5, 0.6) is 11.5 Å². The van der Waals surface area contributed by atoms with Gasteiger partial charge in [-0.15, -0.1) is 6.58 Å². The first-order valence-electron chi connectivity index (χ1n) is 8.97. The zero-order valence-corrected chi connectivity index (χ0v) is 16.9. The molecule has 0 unspecified atom stereocenters. The smallest absolute Gasteiger partial charge is 0.298 e. The van der Waals surface area contributed by atoms with Crippen LogP contribution >= 0.6 is 11.8 Å². The molecule has 1 heterocycles. The number of allylic oxidation sites excluding steroid dienone is 1. The Bertz CT molecular complexity index is 982. The van der Waals surface area contributed by atoms with Crippen LogP contribution in [-0.4, -0.2) is 24.9 Å². The van der Waals surface area contributed by atoms with E-state index in [-0.39, 0.29) is 11.1 Å². The van der Waals surface area contributed by atoms with Crippen LogP contribution < -0.4 is 14.4 Å². The molecule has 0 saturated carbocycles. The molecule has 0 N–H and O–H groups in total. The first-order valence-corrected chi connectivity index (χ1v) is 9.79. The van der Waals surface area contributed by atoms with Crippen molar-refractivity contribution in [2.45, 2.75) is 6.42 Å². The second kappa shape index (κ2) is 9.30. The molecule has 0 radical (unpaired) electrons. The van der Waals surface area contributed by atoms with Gasteiger partial charge in [0.25, 0.3) is 11.1 Å². The molecule has 1 saturated heterocycles. The van der Waals surface area contributed by atoms with Gasteiger partial charge in [0, 0.05) is 5.56 Å². The zero-order chi connectivity index (χ0) is 20.8. The summed E-state index contributed by atoms with van der Waals surface area (Å²) in [7, 11) is 1.56. The van der Waals surface area contributed by atoms with Gasteiger partial charge < -0.3 is 9.47 Å². The quantitative estimate of drug-likeness (QED) is 0.443. The number of para-hydroxylation sites is 1. The maximum atomic E-state index is 12.8. The molecular weight excluding hydrogens is 386 g/mol. The van der Waals surface area contributed by atoms with Gasteiger partial charge in [-0.1, -0.05) is 36.9 Å². The molecule has 2 aromatic rings. The fraction of sp³-hybridized carbons (Fsp3) is 0.130. The second-order valence-corrected chi connectivity index (χ2v) is 7.15. The number of anilines is 1. The fourth-order valence-corrected chi connectivity index (χ4v) is 3.79. The summed E-state index contributed by atoms with van der Waals surface area (Å²) in [5, 5.41) is -0.323. The van der Waals surface area contributed by atoms with Crippen molar-refractivity contribution in [3.63, 3.8) is 0 Å². The average molecular weight is 407 g/mol. The Morgan fingerprint density at radius 1 is 1.10 bits per heavy atom. The summed E-state index contributed by atoms with van der Waals surface area (Å²) < 4.78 is 11.2. The molecule has 0 aromatic heterocycles. The van der Waals surface area contributed by atoms with E-state index in [1.807, 2.05) is 12.1 Å². The molecular formula is C23H21NO4S. The molecule has 1 fully saturated rings. The third-order valence-corrected chi connectivity index (χ3v) is 5.06. The lowest BCUT2D eigenvalue weighted by Gasteiger charge is -2.15. The molecule has 1 aliphatic heterocycles. The molecule has 5 nitrogen and oxygen atoms in total. The second-order valence-electron chi connectivity index (χ2n) is 6.16. The summed E-state index contributed by atoms with van der Waals surface area (Å²) in [4.78, 5) is 26.8. The topological polar surface area (TPSA) is 55.8 Å². The third-order valence-electron chi connectivity index (χ3n) is 4.19. The average Bonchev–Trinajstić information content (AvgIpc) is 3.00. The third kappa shape index (κ3) is 4.43. The zero-order valence-electron chi connectivity index (χ0n) is 16.1. The van der Waals surface area contributed by atoms with Crippen LogP contribution in [0.3, 0.4) is 0 Å². The highest BCUT2D eigenvalue weighted by molar-refractivity contribution is 8.19. The predicted octanol–water partition coefficient (Wildman–Crippen LogP) is 5.23. The summed E-state index contributed by atoms with van der Waals surface area (Å²) in [6, 6.07) is 12.6. The number of hydrogen-bond donors (Lipinski definition) is 0. The number of benzene rings is 2. The van der Waals surface area contributed by atoms with Crippen LogP contribution in [0.15, 0.2) is 72.7 Å². The van der Waals surface area contributed by atoms with Crippen LogP contribution in [0.25, 0.3) is 6.08 Å². The predicted molar refractivity (Wildman–Crippen MR) is 117 cm³/mol. The largest absolute Gasteiger partial charge is 0.493 e.